The van der Waals surface area contributed by atoms with E-state index in [9.17, 15) is 0 Å². The summed E-state index contributed by atoms with van der Waals surface area (Å²) in [6.07, 6.45) is 3.43. The third-order valence-electron chi connectivity index (χ3n) is 3.68. The quantitative estimate of drug-likeness (QED) is 0.428. The topological polar surface area (TPSA) is 41.8 Å². The molecule has 5 rings (SSSR count). The zero-order valence-corrected chi connectivity index (χ0v) is 11.9. The van der Waals surface area contributed by atoms with Crippen LogP contribution >= 0.6 is 0 Å². The summed E-state index contributed by atoms with van der Waals surface area (Å²) in [5.41, 5.74) is 3.11. The maximum Gasteiger partial charge on any atom is 0.133 e. The molecule has 0 amide bonds. The van der Waals surface area contributed by atoms with Gasteiger partial charge in [-0.15, -0.1) is 0 Å². The highest BCUT2D eigenvalue weighted by Gasteiger charge is 2.00. The molecule has 0 unspecified atom stereocenters. The molecule has 22 heavy (non-hydrogen) atoms. The van der Waals surface area contributed by atoms with Gasteiger partial charge in [-0.2, -0.15) is 0 Å². The first-order valence-electron chi connectivity index (χ1n) is 7.15. The van der Waals surface area contributed by atoms with Gasteiger partial charge in [0.05, 0.1) is 23.6 Å². The highest BCUT2D eigenvalue weighted by atomic mass is 16.3. The molecule has 0 aliphatic carbocycles. The van der Waals surface area contributed by atoms with Gasteiger partial charge in [-0.05, 0) is 23.6 Å². The Bertz CT molecular complexity index is 1010. The zero-order valence-electron chi connectivity index (χ0n) is 11.9. The average molecular weight is 286 g/mol. The number of H-pyrrole nitrogens is 1. The first-order chi connectivity index (χ1) is 10.9. The van der Waals surface area contributed by atoms with Crippen molar-refractivity contribution in [3.05, 3.63) is 79.3 Å². The van der Waals surface area contributed by atoms with Crippen LogP contribution in [0.25, 0.3) is 32.8 Å². The lowest BCUT2D eigenvalue weighted by atomic mass is 10.1. The monoisotopic (exact) mass is 286 g/mol. The standard InChI is InChI=1S/C11H8N2.C8H6O/c1-2-4-9-8(3-1)5-6-10-11(9)13-7-12-10;1-2-4-8-7(3-1)5-6-9-8/h1-7H,(H,12,13);1-6H. The second-order valence-electron chi connectivity index (χ2n) is 5.04. The fraction of sp³-hybridized carbons (Fsp3) is 0. The van der Waals surface area contributed by atoms with Crippen molar-refractivity contribution in [1.82, 2.24) is 9.97 Å². The SMILES string of the molecule is c1ccc2c(c1)ccc1[nH]cnc12.c1ccc2occc2c1. The van der Waals surface area contributed by atoms with E-state index in [2.05, 4.69) is 34.2 Å². The minimum Gasteiger partial charge on any atom is -0.464 e. The van der Waals surface area contributed by atoms with Crippen LogP contribution in [-0.2, 0) is 0 Å². The summed E-state index contributed by atoms with van der Waals surface area (Å²) < 4.78 is 5.12. The maximum absolute atomic E-state index is 5.12. The molecule has 3 nitrogen and oxygen atoms in total. The van der Waals surface area contributed by atoms with Crippen LogP contribution in [-0.4, -0.2) is 9.97 Å². The Labute approximate surface area is 127 Å². The van der Waals surface area contributed by atoms with Crippen molar-refractivity contribution in [2.24, 2.45) is 0 Å². The predicted molar refractivity (Wildman–Crippen MR) is 89.8 cm³/mol. The number of fused-ring (bicyclic) bond motifs is 4. The van der Waals surface area contributed by atoms with Crippen LogP contribution in [0.1, 0.15) is 0 Å². The van der Waals surface area contributed by atoms with Gasteiger partial charge in [0, 0.05) is 10.8 Å². The molecule has 0 atom stereocenters. The maximum atomic E-state index is 5.12. The molecule has 106 valence electrons. The van der Waals surface area contributed by atoms with Crippen molar-refractivity contribution in [1.29, 1.82) is 0 Å². The molecular weight excluding hydrogens is 272 g/mol. The van der Waals surface area contributed by atoms with Crippen molar-refractivity contribution in [3.63, 3.8) is 0 Å². The van der Waals surface area contributed by atoms with Crippen LogP contribution in [0.3, 0.4) is 0 Å². The summed E-state index contributed by atoms with van der Waals surface area (Å²) in [5.74, 6) is 0. The normalized spacial score (nSPS) is 10.7. The smallest absolute Gasteiger partial charge is 0.133 e. The lowest BCUT2D eigenvalue weighted by Crippen LogP contribution is -1.74. The number of hydrogen-bond acceptors (Lipinski definition) is 2. The summed E-state index contributed by atoms with van der Waals surface area (Å²) in [6, 6.07) is 22.3. The van der Waals surface area contributed by atoms with E-state index < -0.39 is 0 Å². The number of benzene rings is 3. The van der Waals surface area contributed by atoms with E-state index in [1.54, 1.807) is 12.6 Å². The molecule has 3 aromatic carbocycles. The van der Waals surface area contributed by atoms with Gasteiger partial charge in [0.2, 0.25) is 0 Å². The molecule has 0 aliphatic rings. The number of imidazole rings is 1. The van der Waals surface area contributed by atoms with E-state index in [-0.39, 0.29) is 0 Å². The fourth-order valence-electron chi connectivity index (χ4n) is 2.58. The van der Waals surface area contributed by atoms with Gasteiger partial charge in [0.15, 0.2) is 0 Å². The second kappa shape index (κ2) is 5.37. The molecule has 2 heterocycles. The Hall–Kier alpha value is -3.07. The first kappa shape index (κ1) is 12.7. The molecule has 1 N–H and O–H groups in total. The van der Waals surface area contributed by atoms with Gasteiger partial charge >= 0.3 is 0 Å². The Morgan fingerprint density at radius 1 is 0.773 bits per heavy atom. The van der Waals surface area contributed by atoms with E-state index >= 15 is 0 Å². The molecule has 0 radical (unpaired) electrons. The molecule has 0 saturated heterocycles. The molecule has 0 aliphatic heterocycles. The summed E-state index contributed by atoms with van der Waals surface area (Å²) >= 11 is 0. The van der Waals surface area contributed by atoms with Gasteiger partial charge in [-0.25, -0.2) is 4.98 Å². The van der Waals surface area contributed by atoms with Crippen LogP contribution < -0.4 is 0 Å². The van der Waals surface area contributed by atoms with Crippen LogP contribution in [0.15, 0.2) is 83.7 Å². The largest absolute Gasteiger partial charge is 0.464 e. The van der Waals surface area contributed by atoms with Gasteiger partial charge < -0.3 is 9.40 Å². The Kier molecular flexibility index (Phi) is 3.09. The number of aromatic nitrogens is 2. The van der Waals surface area contributed by atoms with E-state index in [1.165, 1.54) is 10.8 Å². The molecule has 0 bridgehead atoms. The number of para-hydroxylation sites is 1. The summed E-state index contributed by atoms with van der Waals surface area (Å²) in [6.45, 7) is 0. The Morgan fingerprint density at radius 2 is 1.59 bits per heavy atom. The molecule has 0 saturated carbocycles. The van der Waals surface area contributed by atoms with Crippen molar-refractivity contribution in [3.8, 4) is 0 Å². The van der Waals surface area contributed by atoms with Crippen molar-refractivity contribution >= 4 is 32.8 Å². The molecule has 0 spiro atoms. The van der Waals surface area contributed by atoms with E-state index in [0.29, 0.717) is 0 Å². The second-order valence-corrected chi connectivity index (χ2v) is 5.04. The van der Waals surface area contributed by atoms with Crippen molar-refractivity contribution in [2.45, 2.75) is 0 Å². The molecular formula is C19H14N2O. The van der Waals surface area contributed by atoms with E-state index in [4.69, 9.17) is 4.42 Å². The summed E-state index contributed by atoms with van der Waals surface area (Å²) in [7, 11) is 0. The number of aromatic amines is 1. The molecule has 5 aromatic rings. The number of nitrogens with zero attached hydrogens (tertiary/aromatic N) is 1. The molecule has 2 aromatic heterocycles. The third-order valence-corrected chi connectivity index (χ3v) is 3.68. The summed E-state index contributed by atoms with van der Waals surface area (Å²) in [5, 5.41) is 3.61. The molecule has 0 fully saturated rings. The first-order valence-corrected chi connectivity index (χ1v) is 7.15. The highest BCUT2D eigenvalue weighted by molar-refractivity contribution is 6.03. The van der Waals surface area contributed by atoms with Gasteiger partial charge in [-0.1, -0.05) is 48.5 Å². The van der Waals surface area contributed by atoms with Gasteiger partial charge in [0.1, 0.15) is 5.58 Å². The zero-order chi connectivity index (χ0) is 14.8. The van der Waals surface area contributed by atoms with E-state index in [0.717, 1.165) is 22.0 Å². The number of furan rings is 1. The highest BCUT2D eigenvalue weighted by Crippen LogP contribution is 2.21. The fourth-order valence-corrected chi connectivity index (χ4v) is 2.58. The van der Waals surface area contributed by atoms with Crippen LogP contribution in [0.5, 0.6) is 0 Å². The van der Waals surface area contributed by atoms with Crippen molar-refractivity contribution in [2.75, 3.05) is 0 Å². The van der Waals surface area contributed by atoms with Crippen LogP contribution in [0.2, 0.25) is 0 Å². The lowest BCUT2D eigenvalue weighted by Gasteiger charge is -1.96. The Morgan fingerprint density at radius 3 is 2.50 bits per heavy atom. The molecule has 3 heteroatoms. The number of hydrogen-bond donors (Lipinski definition) is 1. The number of rotatable bonds is 0. The number of nitrogens with one attached hydrogen (secondary N) is 1. The van der Waals surface area contributed by atoms with Gasteiger partial charge in [0.25, 0.3) is 0 Å². The van der Waals surface area contributed by atoms with Crippen molar-refractivity contribution < 1.29 is 4.42 Å². The lowest BCUT2D eigenvalue weighted by molar-refractivity contribution is 0.616. The minimum absolute atomic E-state index is 0.956. The summed E-state index contributed by atoms with van der Waals surface area (Å²) in [4.78, 5) is 7.39. The minimum atomic E-state index is 0.956. The van der Waals surface area contributed by atoms with Crippen LogP contribution in [0, 0.1) is 0 Å². The predicted octanol–water partition coefficient (Wildman–Crippen LogP) is 5.15. The Balaban J connectivity index is 0.000000122. The van der Waals surface area contributed by atoms with Gasteiger partial charge in [-0.3, -0.25) is 0 Å². The third kappa shape index (κ3) is 2.23. The van der Waals surface area contributed by atoms with Crippen LogP contribution in [0.4, 0.5) is 0 Å². The average Bonchev–Trinajstić information content (AvgIpc) is 3.24. The van der Waals surface area contributed by atoms with E-state index in [1.807, 2.05) is 42.5 Å².